The molecule has 0 saturated heterocycles. The molecule has 0 aromatic heterocycles. The van der Waals surface area contributed by atoms with Crippen LogP contribution in [-0.4, -0.2) is 0 Å². The van der Waals surface area contributed by atoms with Gasteiger partial charge in [0.05, 0.1) is 0 Å². The molecule has 2 aliphatic carbocycles. The largest absolute Gasteiger partial charge is 2.00 e. The maximum absolute atomic E-state index is 1.50. The molecule has 0 atom stereocenters. The minimum Gasteiger partial charge on any atom is -0.0533 e. The molecule has 0 heterocycles. The third-order valence-electron chi connectivity index (χ3n) is 2.50. The molecular formula is C10H20Mn+2. The van der Waals surface area contributed by atoms with Crippen molar-refractivity contribution in [3.05, 3.63) is 0 Å². The fourth-order valence-electron chi connectivity index (χ4n) is 1.77. The van der Waals surface area contributed by atoms with E-state index in [1.54, 1.807) is 0 Å². The van der Waals surface area contributed by atoms with E-state index in [-0.39, 0.29) is 17.1 Å². The van der Waals surface area contributed by atoms with Gasteiger partial charge in [0.2, 0.25) is 0 Å². The minimum absolute atomic E-state index is 0. The molecule has 0 spiro atoms. The van der Waals surface area contributed by atoms with Crippen LogP contribution in [0.1, 0.15) is 64.2 Å². The Balaban J connectivity index is 0.000000167. The van der Waals surface area contributed by atoms with Crippen molar-refractivity contribution in [1.82, 2.24) is 0 Å². The molecule has 1 radical (unpaired) electrons. The van der Waals surface area contributed by atoms with Gasteiger partial charge in [0.25, 0.3) is 0 Å². The molecule has 2 fully saturated rings. The van der Waals surface area contributed by atoms with Gasteiger partial charge in [-0.15, -0.1) is 0 Å². The van der Waals surface area contributed by atoms with Gasteiger partial charge in [-0.2, -0.15) is 0 Å². The summed E-state index contributed by atoms with van der Waals surface area (Å²) < 4.78 is 0. The SMILES string of the molecule is C1CCCC1.C1CCCC1.[Mn+2]. The zero-order chi connectivity index (χ0) is 7.07. The third kappa shape index (κ3) is 6.90. The molecule has 0 amide bonds. The molecule has 11 heavy (non-hydrogen) atoms. The van der Waals surface area contributed by atoms with Gasteiger partial charge >= 0.3 is 17.1 Å². The van der Waals surface area contributed by atoms with Crippen LogP contribution in [0, 0.1) is 0 Å². The van der Waals surface area contributed by atoms with Crippen LogP contribution in [0.15, 0.2) is 0 Å². The van der Waals surface area contributed by atoms with Crippen molar-refractivity contribution >= 4 is 0 Å². The number of hydrogen-bond acceptors (Lipinski definition) is 0. The van der Waals surface area contributed by atoms with Gasteiger partial charge in [-0.25, -0.2) is 0 Å². The Kier molecular flexibility index (Phi) is 9.02. The monoisotopic (exact) mass is 195 g/mol. The maximum atomic E-state index is 1.50. The zero-order valence-corrected chi connectivity index (χ0v) is 8.63. The summed E-state index contributed by atoms with van der Waals surface area (Å²) >= 11 is 0. The van der Waals surface area contributed by atoms with Crippen molar-refractivity contribution in [2.45, 2.75) is 64.2 Å². The summed E-state index contributed by atoms with van der Waals surface area (Å²) in [5.74, 6) is 0. The number of hydrogen-bond donors (Lipinski definition) is 0. The summed E-state index contributed by atoms with van der Waals surface area (Å²) in [4.78, 5) is 0. The van der Waals surface area contributed by atoms with Crippen molar-refractivity contribution in [2.75, 3.05) is 0 Å². The van der Waals surface area contributed by atoms with Crippen molar-refractivity contribution in [2.24, 2.45) is 0 Å². The van der Waals surface area contributed by atoms with Crippen LogP contribution in [0.25, 0.3) is 0 Å². The van der Waals surface area contributed by atoms with E-state index in [0.717, 1.165) is 0 Å². The van der Waals surface area contributed by atoms with Crippen LogP contribution in [0.5, 0.6) is 0 Å². The Morgan fingerprint density at radius 2 is 0.364 bits per heavy atom. The molecular weight excluding hydrogens is 175 g/mol. The van der Waals surface area contributed by atoms with Gasteiger partial charge < -0.3 is 0 Å². The van der Waals surface area contributed by atoms with E-state index < -0.39 is 0 Å². The Labute approximate surface area is 81.6 Å². The van der Waals surface area contributed by atoms with E-state index in [4.69, 9.17) is 0 Å². The predicted octanol–water partition coefficient (Wildman–Crippen LogP) is 3.90. The molecule has 2 aliphatic rings. The van der Waals surface area contributed by atoms with E-state index in [1.165, 1.54) is 64.2 Å². The first-order valence-electron chi connectivity index (χ1n) is 5.00. The standard InChI is InChI=1S/2C5H10.Mn/c2*1-2-4-5-3-1;/h2*1-5H2;/q;;+2. The molecule has 1 heteroatoms. The van der Waals surface area contributed by atoms with Crippen LogP contribution in [0.2, 0.25) is 0 Å². The van der Waals surface area contributed by atoms with Crippen molar-refractivity contribution in [1.29, 1.82) is 0 Å². The first-order chi connectivity index (χ1) is 5.00. The second kappa shape index (κ2) is 8.61. The molecule has 0 aromatic carbocycles. The smallest absolute Gasteiger partial charge is 0.0533 e. The Morgan fingerprint density at radius 1 is 0.273 bits per heavy atom. The van der Waals surface area contributed by atoms with Crippen LogP contribution >= 0.6 is 0 Å². The van der Waals surface area contributed by atoms with Crippen molar-refractivity contribution in [3.63, 3.8) is 0 Å². The van der Waals surface area contributed by atoms with Gasteiger partial charge in [-0.1, -0.05) is 64.2 Å². The predicted molar refractivity (Wildman–Crippen MR) is 46.2 cm³/mol. The van der Waals surface area contributed by atoms with Crippen LogP contribution < -0.4 is 0 Å². The van der Waals surface area contributed by atoms with Crippen molar-refractivity contribution < 1.29 is 17.1 Å². The molecule has 0 aliphatic heterocycles. The summed E-state index contributed by atoms with van der Waals surface area (Å²) in [7, 11) is 0. The van der Waals surface area contributed by atoms with Gasteiger partial charge in [0.15, 0.2) is 0 Å². The normalized spacial score (nSPS) is 21.8. The summed E-state index contributed by atoms with van der Waals surface area (Å²) in [5, 5.41) is 0. The Hall–Kier alpha value is 0.519. The van der Waals surface area contributed by atoms with Crippen LogP contribution in [0.3, 0.4) is 0 Å². The van der Waals surface area contributed by atoms with Crippen LogP contribution in [-0.2, 0) is 17.1 Å². The van der Waals surface area contributed by atoms with Crippen molar-refractivity contribution in [3.8, 4) is 0 Å². The minimum atomic E-state index is 0. The van der Waals surface area contributed by atoms with Gasteiger partial charge in [0.1, 0.15) is 0 Å². The van der Waals surface area contributed by atoms with E-state index in [2.05, 4.69) is 0 Å². The fourth-order valence-corrected chi connectivity index (χ4v) is 1.77. The van der Waals surface area contributed by atoms with E-state index >= 15 is 0 Å². The fraction of sp³-hybridized carbons (Fsp3) is 1.00. The summed E-state index contributed by atoms with van der Waals surface area (Å²) in [6, 6.07) is 0. The third-order valence-corrected chi connectivity index (χ3v) is 2.50. The molecule has 0 aromatic rings. The average Bonchev–Trinajstić information content (AvgIpc) is 2.67. The zero-order valence-electron chi connectivity index (χ0n) is 7.45. The summed E-state index contributed by atoms with van der Waals surface area (Å²) in [6.45, 7) is 0. The van der Waals surface area contributed by atoms with Gasteiger partial charge in [-0.3, -0.25) is 0 Å². The topological polar surface area (TPSA) is 0 Å². The molecule has 2 saturated carbocycles. The van der Waals surface area contributed by atoms with Crippen LogP contribution in [0.4, 0.5) is 0 Å². The second-order valence-electron chi connectivity index (χ2n) is 3.54. The molecule has 0 unspecified atom stereocenters. The quantitative estimate of drug-likeness (QED) is 0.514. The first kappa shape index (κ1) is 11.5. The molecule has 0 N–H and O–H groups in total. The van der Waals surface area contributed by atoms with E-state index in [9.17, 15) is 0 Å². The first-order valence-corrected chi connectivity index (χ1v) is 5.00. The van der Waals surface area contributed by atoms with E-state index in [0.29, 0.717) is 0 Å². The average molecular weight is 195 g/mol. The van der Waals surface area contributed by atoms with E-state index in [1.807, 2.05) is 0 Å². The Bertz CT molecular complexity index is 38.1. The second-order valence-corrected chi connectivity index (χ2v) is 3.54. The maximum Gasteiger partial charge on any atom is 2.00 e. The van der Waals surface area contributed by atoms with Gasteiger partial charge in [-0.05, 0) is 0 Å². The summed E-state index contributed by atoms with van der Waals surface area (Å²) in [6.07, 6.45) is 15.0. The number of rotatable bonds is 0. The Morgan fingerprint density at radius 3 is 0.455 bits per heavy atom. The molecule has 65 valence electrons. The van der Waals surface area contributed by atoms with Gasteiger partial charge in [0, 0.05) is 0 Å². The summed E-state index contributed by atoms with van der Waals surface area (Å²) in [5.41, 5.74) is 0. The molecule has 2 rings (SSSR count). The molecule has 0 nitrogen and oxygen atoms in total. The molecule has 0 bridgehead atoms.